The van der Waals surface area contributed by atoms with Crippen molar-refractivity contribution in [3.63, 3.8) is 0 Å². The summed E-state index contributed by atoms with van der Waals surface area (Å²) in [6, 6.07) is 0. The lowest BCUT2D eigenvalue weighted by molar-refractivity contribution is -0.151. The summed E-state index contributed by atoms with van der Waals surface area (Å²) in [5, 5.41) is 0. The van der Waals surface area contributed by atoms with E-state index in [2.05, 4.69) is 18.9 Å². The smallest absolute Gasteiger partial charge is 0.312 e. The van der Waals surface area contributed by atoms with E-state index >= 15 is 0 Å². The van der Waals surface area contributed by atoms with Gasteiger partial charge in [0.05, 0.1) is 12.5 Å². The molecule has 1 saturated carbocycles. The number of methoxy groups -OCH3 is 1. The first-order valence-corrected chi connectivity index (χ1v) is 5.88. The molecule has 1 saturated heterocycles. The third-order valence-electron chi connectivity index (χ3n) is 4.38. The van der Waals surface area contributed by atoms with E-state index in [-0.39, 0.29) is 11.4 Å². The molecule has 3 heteroatoms. The molecule has 1 aliphatic carbocycles. The zero-order valence-corrected chi connectivity index (χ0v) is 9.95. The van der Waals surface area contributed by atoms with Crippen molar-refractivity contribution in [3.8, 4) is 0 Å². The molecule has 0 N–H and O–H groups in total. The highest BCUT2D eigenvalue weighted by Gasteiger charge is 2.62. The number of nitrogens with zero attached hydrogens (tertiary/aromatic N) is 1. The molecule has 86 valence electrons. The summed E-state index contributed by atoms with van der Waals surface area (Å²) in [6.07, 6.45) is 3.33. The summed E-state index contributed by atoms with van der Waals surface area (Å²) in [5.41, 5.74) is -0.115. The van der Waals surface area contributed by atoms with Crippen molar-refractivity contribution >= 4 is 5.97 Å². The molecule has 1 aliphatic heterocycles. The molecule has 15 heavy (non-hydrogen) atoms. The van der Waals surface area contributed by atoms with Crippen molar-refractivity contribution < 1.29 is 9.53 Å². The molecule has 3 nitrogen and oxygen atoms in total. The Morgan fingerprint density at radius 1 is 1.40 bits per heavy atom. The normalized spacial score (nSPS) is 37.7. The van der Waals surface area contributed by atoms with Crippen LogP contribution in [0.25, 0.3) is 0 Å². The van der Waals surface area contributed by atoms with Crippen molar-refractivity contribution in [2.75, 3.05) is 27.2 Å². The lowest BCUT2D eigenvalue weighted by Crippen LogP contribution is -2.38. The lowest BCUT2D eigenvalue weighted by Gasteiger charge is -2.33. The number of hydrogen-bond donors (Lipinski definition) is 0. The van der Waals surface area contributed by atoms with Crippen LogP contribution >= 0.6 is 0 Å². The van der Waals surface area contributed by atoms with Gasteiger partial charge in [-0.2, -0.15) is 0 Å². The largest absolute Gasteiger partial charge is 0.469 e. The molecule has 0 amide bonds. The van der Waals surface area contributed by atoms with Crippen LogP contribution in [-0.4, -0.2) is 38.1 Å². The molecular formula is C12H21NO2. The molecule has 2 rings (SSSR count). The highest BCUT2D eigenvalue weighted by atomic mass is 16.5. The van der Waals surface area contributed by atoms with E-state index in [1.165, 1.54) is 7.11 Å². The van der Waals surface area contributed by atoms with Gasteiger partial charge in [0.15, 0.2) is 0 Å². The van der Waals surface area contributed by atoms with E-state index in [1.54, 1.807) is 0 Å². The summed E-state index contributed by atoms with van der Waals surface area (Å²) in [5.74, 6) is 1.11. The molecule has 0 spiro atoms. The van der Waals surface area contributed by atoms with Crippen LogP contribution in [0.3, 0.4) is 0 Å². The van der Waals surface area contributed by atoms with Crippen LogP contribution in [0.15, 0.2) is 0 Å². The van der Waals surface area contributed by atoms with Gasteiger partial charge in [-0.1, -0.05) is 6.92 Å². The van der Waals surface area contributed by atoms with Crippen molar-refractivity contribution in [2.24, 2.45) is 17.3 Å². The second kappa shape index (κ2) is 3.78. The molecule has 2 unspecified atom stereocenters. The number of carbonyl (C=O) groups excluding carboxylic acids is 1. The zero-order chi connectivity index (χ0) is 11.1. The quantitative estimate of drug-likeness (QED) is 0.649. The van der Waals surface area contributed by atoms with Crippen LogP contribution in [0.5, 0.6) is 0 Å². The van der Waals surface area contributed by atoms with E-state index in [1.807, 2.05) is 0 Å². The minimum atomic E-state index is -0.115. The third-order valence-corrected chi connectivity index (χ3v) is 4.38. The maximum absolute atomic E-state index is 11.9. The van der Waals surface area contributed by atoms with E-state index in [4.69, 9.17) is 4.74 Å². The minimum Gasteiger partial charge on any atom is -0.469 e. The Morgan fingerprint density at radius 3 is 2.33 bits per heavy atom. The monoisotopic (exact) mass is 211 g/mol. The van der Waals surface area contributed by atoms with Gasteiger partial charge in [-0.15, -0.1) is 0 Å². The predicted octanol–water partition coefficient (Wildman–Crippen LogP) is 1.53. The highest BCUT2D eigenvalue weighted by Crippen LogP contribution is 2.60. The van der Waals surface area contributed by atoms with Gasteiger partial charge in [0, 0.05) is 0 Å². The predicted molar refractivity (Wildman–Crippen MR) is 58.5 cm³/mol. The Hall–Kier alpha value is -0.570. The molecular weight excluding hydrogens is 190 g/mol. The highest BCUT2D eigenvalue weighted by molar-refractivity contribution is 5.80. The van der Waals surface area contributed by atoms with Crippen molar-refractivity contribution in [2.45, 2.75) is 26.2 Å². The van der Waals surface area contributed by atoms with Crippen LogP contribution in [0, 0.1) is 17.3 Å². The van der Waals surface area contributed by atoms with Crippen LogP contribution < -0.4 is 0 Å². The molecule has 2 atom stereocenters. The van der Waals surface area contributed by atoms with Crippen molar-refractivity contribution in [1.82, 2.24) is 4.90 Å². The first-order valence-electron chi connectivity index (χ1n) is 5.88. The van der Waals surface area contributed by atoms with Gasteiger partial charge >= 0.3 is 5.97 Å². The van der Waals surface area contributed by atoms with Crippen LogP contribution in [0.4, 0.5) is 0 Å². The van der Waals surface area contributed by atoms with Crippen LogP contribution in [-0.2, 0) is 9.53 Å². The van der Waals surface area contributed by atoms with Gasteiger partial charge in [-0.25, -0.2) is 0 Å². The summed E-state index contributed by atoms with van der Waals surface area (Å²) in [7, 11) is 3.67. The van der Waals surface area contributed by atoms with E-state index in [0.717, 1.165) is 32.4 Å². The second-order valence-corrected chi connectivity index (χ2v) is 5.21. The zero-order valence-electron chi connectivity index (χ0n) is 9.95. The molecule has 0 aromatic rings. The van der Waals surface area contributed by atoms with Gasteiger partial charge in [0.2, 0.25) is 0 Å². The number of esters is 1. The fourth-order valence-corrected chi connectivity index (χ4v) is 3.18. The topological polar surface area (TPSA) is 29.5 Å². The van der Waals surface area contributed by atoms with Crippen LogP contribution in [0.2, 0.25) is 0 Å². The fraction of sp³-hybridized carbons (Fsp3) is 0.917. The molecule has 0 aromatic carbocycles. The molecule has 0 bridgehead atoms. The number of ether oxygens (including phenoxy) is 1. The van der Waals surface area contributed by atoms with Gasteiger partial charge in [0.1, 0.15) is 0 Å². The third kappa shape index (κ3) is 1.67. The standard InChI is InChI=1S/C12H21NO2/c1-9-8-12(9,11(14)15-3)10-4-6-13(2)7-5-10/h9-10H,4-8H2,1-3H3. The fourth-order valence-electron chi connectivity index (χ4n) is 3.18. The average Bonchev–Trinajstić information content (AvgIpc) is 2.91. The number of piperidine rings is 1. The van der Waals surface area contributed by atoms with E-state index < -0.39 is 0 Å². The molecule has 0 radical (unpaired) electrons. The first kappa shape index (κ1) is 10.9. The Morgan fingerprint density at radius 2 is 1.93 bits per heavy atom. The number of carbonyl (C=O) groups is 1. The number of hydrogen-bond acceptors (Lipinski definition) is 3. The van der Waals surface area contributed by atoms with E-state index in [9.17, 15) is 4.79 Å². The Balaban J connectivity index is 2.05. The number of likely N-dealkylation sites (tertiary alicyclic amines) is 1. The van der Waals surface area contributed by atoms with Gasteiger partial charge < -0.3 is 9.64 Å². The van der Waals surface area contributed by atoms with Crippen LogP contribution in [0.1, 0.15) is 26.2 Å². The molecule has 2 aliphatic rings. The Bertz CT molecular complexity index is 258. The number of rotatable bonds is 2. The summed E-state index contributed by atoms with van der Waals surface area (Å²) in [4.78, 5) is 14.2. The maximum atomic E-state index is 11.9. The van der Waals surface area contributed by atoms with Crippen molar-refractivity contribution in [1.29, 1.82) is 0 Å². The lowest BCUT2D eigenvalue weighted by atomic mass is 9.80. The maximum Gasteiger partial charge on any atom is 0.312 e. The molecule has 1 heterocycles. The first-order chi connectivity index (χ1) is 7.11. The van der Waals surface area contributed by atoms with Crippen molar-refractivity contribution in [3.05, 3.63) is 0 Å². The summed E-state index contributed by atoms with van der Waals surface area (Å²) in [6.45, 7) is 4.42. The van der Waals surface area contributed by atoms with E-state index in [0.29, 0.717) is 11.8 Å². The summed E-state index contributed by atoms with van der Waals surface area (Å²) < 4.78 is 4.98. The Labute approximate surface area is 91.8 Å². The molecule has 0 aromatic heterocycles. The van der Waals surface area contributed by atoms with Gasteiger partial charge in [0.25, 0.3) is 0 Å². The Kier molecular flexibility index (Phi) is 2.75. The molecule has 2 fully saturated rings. The average molecular weight is 211 g/mol. The second-order valence-electron chi connectivity index (χ2n) is 5.21. The SMILES string of the molecule is COC(=O)C1(C2CCN(C)CC2)CC1C. The minimum absolute atomic E-state index is 0.0320. The van der Waals surface area contributed by atoms with Gasteiger partial charge in [-0.05, 0) is 51.2 Å². The summed E-state index contributed by atoms with van der Waals surface area (Å²) >= 11 is 0. The van der Waals surface area contributed by atoms with Gasteiger partial charge in [-0.3, -0.25) is 4.79 Å².